The number of rotatable bonds is 10. The van der Waals surface area contributed by atoms with Crippen LogP contribution in [-0.4, -0.2) is 53.3 Å². The molecule has 1 N–H and O–H groups in total. The van der Waals surface area contributed by atoms with E-state index in [0.717, 1.165) is 30.9 Å². The van der Waals surface area contributed by atoms with Crippen molar-refractivity contribution in [2.24, 2.45) is 0 Å². The number of nitrogens with zero attached hydrogens (tertiary/aromatic N) is 4. The molecule has 1 aliphatic heterocycles. The number of carbonyl (C=O) groups excluding carboxylic acids is 1. The van der Waals surface area contributed by atoms with E-state index in [2.05, 4.69) is 14.9 Å². The summed E-state index contributed by atoms with van der Waals surface area (Å²) >= 11 is 0. The molecule has 3 aromatic rings. The van der Waals surface area contributed by atoms with Gasteiger partial charge in [0.15, 0.2) is 11.5 Å². The number of anilines is 2. The number of piperidine rings is 1. The first-order valence-electron chi connectivity index (χ1n) is 12.0. The predicted molar refractivity (Wildman–Crippen MR) is 136 cm³/mol. The van der Waals surface area contributed by atoms with Crippen molar-refractivity contribution in [3.63, 3.8) is 0 Å². The second-order valence-electron chi connectivity index (χ2n) is 8.57. The largest absolute Gasteiger partial charge is 0.490 e. The monoisotopic (exact) mass is 490 g/mol. The number of aromatic carboxylic acids is 1. The van der Waals surface area contributed by atoms with Gasteiger partial charge in [-0.1, -0.05) is 24.3 Å². The molecule has 1 amide bonds. The summed E-state index contributed by atoms with van der Waals surface area (Å²) in [6.07, 6.45) is 5.76. The molecule has 188 valence electrons. The molecule has 0 saturated carbocycles. The SMILES string of the molecule is CCOc1ccccc1OC1CCCN(c2ncc(N(C=O)[C@H](C)c3cccc(C(=O)O)c3)cn2)C1. The first-order valence-corrected chi connectivity index (χ1v) is 12.0. The van der Waals surface area contributed by atoms with Crippen LogP contribution in [0.1, 0.15) is 48.7 Å². The summed E-state index contributed by atoms with van der Waals surface area (Å²) in [4.78, 5) is 35.9. The molecule has 9 heteroatoms. The van der Waals surface area contributed by atoms with Crippen molar-refractivity contribution >= 4 is 24.0 Å². The predicted octanol–water partition coefficient (Wildman–Crippen LogP) is 4.35. The number of carbonyl (C=O) groups is 2. The Morgan fingerprint density at radius 2 is 1.94 bits per heavy atom. The van der Waals surface area contributed by atoms with Crippen molar-refractivity contribution in [1.82, 2.24) is 9.97 Å². The van der Waals surface area contributed by atoms with E-state index in [0.29, 0.717) is 36.8 Å². The average molecular weight is 491 g/mol. The minimum absolute atomic E-state index is 0.0309. The third kappa shape index (κ3) is 5.73. The van der Waals surface area contributed by atoms with E-state index in [1.807, 2.05) is 38.1 Å². The average Bonchev–Trinajstić information content (AvgIpc) is 2.91. The lowest BCUT2D eigenvalue weighted by Crippen LogP contribution is -2.42. The van der Waals surface area contributed by atoms with Crippen LogP contribution in [0.15, 0.2) is 60.9 Å². The molecular formula is C27H30N4O5. The lowest BCUT2D eigenvalue weighted by atomic mass is 10.0. The van der Waals surface area contributed by atoms with Crippen LogP contribution in [0.3, 0.4) is 0 Å². The van der Waals surface area contributed by atoms with Gasteiger partial charge in [-0.3, -0.25) is 4.79 Å². The zero-order valence-electron chi connectivity index (χ0n) is 20.4. The number of ether oxygens (including phenoxy) is 2. The quantitative estimate of drug-likeness (QED) is 0.419. The number of benzene rings is 2. The van der Waals surface area contributed by atoms with Crippen LogP contribution < -0.4 is 19.3 Å². The van der Waals surface area contributed by atoms with Crippen LogP contribution in [0.4, 0.5) is 11.6 Å². The fourth-order valence-electron chi connectivity index (χ4n) is 4.30. The molecule has 1 aliphatic rings. The van der Waals surface area contributed by atoms with Gasteiger partial charge in [-0.25, -0.2) is 14.8 Å². The van der Waals surface area contributed by atoms with Crippen LogP contribution >= 0.6 is 0 Å². The number of para-hydroxylation sites is 2. The van der Waals surface area contributed by atoms with Gasteiger partial charge in [-0.15, -0.1) is 0 Å². The molecule has 1 aromatic heterocycles. The Labute approximate surface area is 210 Å². The van der Waals surface area contributed by atoms with Gasteiger partial charge < -0.3 is 24.4 Å². The van der Waals surface area contributed by atoms with E-state index >= 15 is 0 Å². The summed E-state index contributed by atoms with van der Waals surface area (Å²) in [5, 5.41) is 9.27. The minimum atomic E-state index is -1.01. The van der Waals surface area contributed by atoms with Gasteiger partial charge >= 0.3 is 5.97 Å². The summed E-state index contributed by atoms with van der Waals surface area (Å²) in [6, 6.07) is 13.8. The van der Waals surface area contributed by atoms with Crippen molar-refractivity contribution < 1.29 is 24.2 Å². The first-order chi connectivity index (χ1) is 17.5. The third-order valence-corrected chi connectivity index (χ3v) is 6.17. The molecule has 2 aromatic carbocycles. The van der Waals surface area contributed by atoms with Gasteiger partial charge in [0, 0.05) is 6.54 Å². The molecule has 1 unspecified atom stereocenters. The maximum atomic E-state index is 11.9. The highest BCUT2D eigenvalue weighted by molar-refractivity contribution is 5.88. The lowest BCUT2D eigenvalue weighted by Gasteiger charge is -2.33. The molecule has 0 aliphatic carbocycles. The molecule has 0 spiro atoms. The summed E-state index contributed by atoms with van der Waals surface area (Å²) in [6.45, 7) is 5.78. The topological polar surface area (TPSA) is 105 Å². The molecule has 1 fully saturated rings. The highest BCUT2D eigenvalue weighted by Gasteiger charge is 2.25. The normalized spacial score (nSPS) is 16.2. The molecule has 36 heavy (non-hydrogen) atoms. The van der Waals surface area contributed by atoms with Gasteiger partial charge in [-0.05, 0) is 56.5 Å². The Balaban J connectivity index is 1.45. The van der Waals surface area contributed by atoms with Gasteiger partial charge in [0.1, 0.15) is 6.10 Å². The fourth-order valence-corrected chi connectivity index (χ4v) is 4.30. The lowest BCUT2D eigenvalue weighted by molar-refractivity contribution is -0.107. The van der Waals surface area contributed by atoms with E-state index in [1.165, 1.54) is 11.0 Å². The van der Waals surface area contributed by atoms with Crippen LogP contribution in [0.2, 0.25) is 0 Å². The Morgan fingerprint density at radius 1 is 1.19 bits per heavy atom. The van der Waals surface area contributed by atoms with E-state index in [1.54, 1.807) is 30.6 Å². The van der Waals surface area contributed by atoms with E-state index in [-0.39, 0.29) is 11.7 Å². The Morgan fingerprint density at radius 3 is 2.64 bits per heavy atom. The van der Waals surface area contributed by atoms with Gasteiger partial charge in [0.05, 0.1) is 42.8 Å². The van der Waals surface area contributed by atoms with E-state index < -0.39 is 12.0 Å². The Kier molecular flexibility index (Phi) is 7.99. The summed E-state index contributed by atoms with van der Waals surface area (Å²) in [5.41, 5.74) is 1.40. The van der Waals surface area contributed by atoms with Crippen LogP contribution in [0.25, 0.3) is 0 Å². The molecule has 9 nitrogen and oxygen atoms in total. The van der Waals surface area contributed by atoms with Gasteiger partial charge in [0.2, 0.25) is 12.4 Å². The molecule has 0 radical (unpaired) electrons. The highest BCUT2D eigenvalue weighted by Crippen LogP contribution is 2.30. The molecule has 2 atom stereocenters. The van der Waals surface area contributed by atoms with Crippen molar-refractivity contribution in [1.29, 1.82) is 0 Å². The zero-order valence-corrected chi connectivity index (χ0v) is 20.4. The van der Waals surface area contributed by atoms with E-state index in [4.69, 9.17) is 9.47 Å². The molecular weight excluding hydrogens is 460 g/mol. The number of aromatic nitrogens is 2. The van der Waals surface area contributed by atoms with Crippen LogP contribution in [-0.2, 0) is 4.79 Å². The number of carboxylic acid groups (broad SMARTS) is 1. The maximum absolute atomic E-state index is 11.9. The van der Waals surface area contributed by atoms with Crippen molar-refractivity contribution in [3.05, 3.63) is 72.1 Å². The molecule has 1 saturated heterocycles. The van der Waals surface area contributed by atoms with Gasteiger partial charge in [-0.2, -0.15) is 0 Å². The molecule has 2 heterocycles. The highest BCUT2D eigenvalue weighted by atomic mass is 16.5. The Hall–Kier alpha value is -4.14. The third-order valence-electron chi connectivity index (χ3n) is 6.17. The Bertz CT molecular complexity index is 1190. The van der Waals surface area contributed by atoms with E-state index in [9.17, 15) is 14.7 Å². The second-order valence-corrected chi connectivity index (χ2v) is 8.57. The maximum Gasteiger partial charge on any atom is 0.335 e. The van der Waals surface area contributed by atoms with Crippen LogP contribution in [0.5, 0.6) is 11.5 Å². The first kappa shape index (κ1) is 25.0. The standard InChI is InChI=1S/C27H30N4O5/c1-3-35-24-11-4-5-12-25(24)36-23-10-7-13-30(17-23)27-28-15-22(16-29-27)31(18-32)19(2)20-8-6-9-21(14-20)26(33)34/h4-6,8-9,11-12,14-16,18-19,23H,3,7,10,13,17H2,1-2H3,(H,33,34)/t19-,23?/m1/s1. The summed E-state index contributed by atoms with van der Waals surface area (Å²) < 4.78 is 11.9. The number of amides is 1. The van der Waals surface area contributed by atoms with Crippen molar-refractivity contribution in [3.8, 4) is 11.5 Å². The number of hydrogen-bond donors (Lipinski definition) is 1. The van der Waals surface area contributed by atoms with Crippen LogP contribution in [0, 0.1) is 0 Å². The molecule has 0 bridgehead atoms. The fraction of sp³-hybridized carbons (Fsp3) is 0.333. The minimum Gasteiger partial charge on any atom is -0.490 e. The smallest absolute Gasteiger partial charge is 0.335 e. The number of hydrogen-bond acceptors (Lipinski definition) is 7. The number of carboxylic acids is 1. The summed E-state index contributed by atoms with van der Waals surface area (Å²) in [7, 11) is 0. The zero-order chi connectivity index (χ0) is 25.5. The van der Waals surface area contributed by atoms with Crippen molar-refractivity contribution in [2.45, 2.75) is 38.8 Å². The van der Waals surface area contributed by atoms with Gasteiger partial charge in [0.25, 0.3) is 0 Å². The molecule has 4 rings (SSSR count). The second kappa shape index (κ2) is 11.5. The van der Waals surface area contributed by atoms with Crippen molar-refractivity contribution in [2.75, 3.05) is 29.5 Å². The summed E-state index contributed by atoms with van der Waals surface area (Å²) in [5.74, 6) is 1.01.